The van der Waals surface area contributed by atoms with Crippen LogP contribution in [-0.4, -0.2) is 70.8 Å². The smallest absolute Gasteiger partial charge is 0.294 e. The van der Waals surface area contributed by atoms with Gasteiger partial charge in [0.15, 0.2) is 0 Å². The predicted molar refractivity (Wildman–Crippen MR) is 145 cm³/mol. The third-order valence-electron chi connectivity index (χ3n) is 6.32. The van der Waals surface area contributed by atoms with E-state index in [1.165, 1.54) is 13.2 Å². The third-order valence-corrected chi connectivity index (χ3v) is 6.32. The number of likely N-dealkylation sites (N-methyl/N-ethyl adjacent to an activating group) is 2. The highest BCUT2D eigenvalue weighted by Crippen LogP contribution is 2.39. The van der Waals surface area contributed by atoms with Gasteiger partial charge in [-0.2, -0.15) is 0 Å². The van der Waals surface area contributed by atoms with Crippen molar-refractivity contribution in [2.75, 3.05) is 51.6 Å². The topological polar surface area (TPSA) is 122 Å². The highest BCUT2D eigenvalue weighted by atomic mass is 16.6. The molecule has 0 saturated heterocycles. The minimum absolute atomic E-state index is 0.0580. The lowest BCUT2D eigenvalue weighted by atomic mass is 10.1. The monoisotopic (exact) mass is 505 g/mol. The summed E-state index contributed by atoms with van der Waals surface area (Å²) in [6.45, 7) is 1.18. The molecule has 0 spiro atoms. The fourth-order valence-electron chi connectivity index (χ4n) is 4.34. The fourth-order valence-corrected chi connectivity index (χ4v) is 4.34. The lowest BCUT2D eigenvalue weighted by molar-refractivity contribution is -0.384. The number of nitro groups is 1. The van der Waals surface area contributed by atoms with E-state index in [-0.39, 0.29) is 18.2 Å². The number of hydrogen-bond acceptors (Lipinski definition) is 9. The first-order valence-corrected chi connectivity index (χ1v) is 11.7. The molecule has 194 valence electrons. The number of nitrogens with one attached hydrogen (secondary N) is 1. The molecule has 0 bridgehead atoms. The molecule has 2 aromatic carbocycles. The van der Waals surface area contributed by atoms with Crippen LogP contribution < -0.4 is 15.0 Å². The zero-order chi connectivity index (χ0) is 26.7. The molecule has 0 radical (unpaired) electrons. The van der Waals surface area contributed by atoms with Crippen molar-refractivity contribution in [1.82, 2.24) is 19.4 Å². The first kappa shape index (κ1) is 25.9. The number of ether oxygens (including phenoxy) is 1. The predicted octanol–water partition coefficient (Wildman–Crippen LogP) is 3.79. The largest absolute Gasteiger partial charge is 0.494 e. The summed E-state index contributed by atoms with van der Waals surface area (Å²) in [7, 11) is 9.13. The maximum Gasteiger partial charge on any atom is 0.294 e. The molecule has 0 aliphatic rings. The number of anilines is 3. The number of rotatable bonds is 10. The molecule has 0 unspecified atom stereocenters. The number of methoxy groups -OCH3 is 1. The Hall–Kier alpha value is -4.22. The second-order valence-electron chi connectivity index (χ2n) is 8.97. The zero-order valence-electron chi connectivity index (χ0n) is 21.6. The van der Waals surface area contributed by atoms with E-state index >= 15 is 0 Å². The van der Waals surface area contributed by atoms with Crippen molar-refractivity contribution in [3.05, 3.63) is 64.5 Å². The highest BCUT2D eigenvalue weighted by molar-refractivity contribution is 5.97. The molecule has 0 aliphatic heterocycles. The number of fused-ring (bicyclic) bond motifs is 1. The van der Waals surface area contributed by atoms with Crippen LogP contribution in [0.2, 0.25) is 0 Å². The molecule has 4 rings (SSSR count). The van der Waals surface area contributed by atoms with Crippen molar-refractivity contribution < 1.29 is 14.8 Å². The standard InChI is InChI=1S/C26H31N7O4/c1-30(2)12-13-31(3)21-15-24(37-5)19(14-22(21)33(35)36)29-26-27-11-10-18(28-26)25-17-8-6-7-9-20(17)32(4)23(25)16-34/h6-11,14-15,34H,12-13,16H2,1-5H3,(H,27,28,29). The van der Waals surface area contributed by atoms with Crippen molar-refractivity contribution in [3.8, 4) is 17.0 Å². The summed E-state index contributed by atoms with van der Waals surface area (Å²) in [5.74, 6) is 0.670. The van der Waals surface area contributed by atoms with E-state index in [4.69, 9.17) is 4.74 Å². The number of benzene rings is 2. The summed E-state index contributed by atoms with van der Waals surface area (Å²) in [4.78, 5) is 24.4. The fraction of sp³-hybridized carbons (Fsp3) is 0.308. The Morgan fingerprint density at radius 3 is 2.59 bits per heavy atom. The minimum atomic E-state index is -0.410. The molecule has 11 nitrogen and oxygen atoms in total. The molecule has 2 heterocycles. The van der Waals surface area contributed by atoms with E-state index in [0.717, 1.165) is 28.7 Å². The van der Waals surface area contributed by atoms with Crippen LogP contribution in [0.3, 0.4) is 0 Å². The number of nitrogens with zero attached hydrogens (tertiary/aromatic N) is 6. The van der Waals surface area contributed by atoms with Crippen LogP contribution in [0.15, 0.2) is 48.7 Å². The van der Waals surface area contributed by atoms with Crippen molar-refractivity contribution in [2.45, 2.75) is 6.61 Å². The van der Waals surface area contributed by atoms with Gasteiger partial charge < -0.3 is 29.5 Å². The molecule has 0 aliphatic carbocycles. The minimum Gasteiger partial charge on any atom is -0.494 e. The maximum absolute atomic E-state index is 11.9. The highest BCUT2D eigenvalue weighted by Gasteiger charge is 2.23. The van der Waals surface area contributed by atoms with Crippen molar-refractivity contribution >= 4 is 33.9 Å². The SMILES string of the molecule is COc1cc(N(C)CCN(C)C)c([N+](=O)[O-])cc1Nc1nccc(-c2c(CO)n(C)c3ccccc23)n1. The Bertz CT molecular complexity index is 1430. The van der Waals surface area contributed by atoms with Gasteiger partial charge in [0, 0.05) is 62.0 Å². The van der Waals surface area contributed by atoms with Gasteiger partial charge in [0.05, 0.1) is 35.7 Å². The second-order valence-corrected chi connectivity index (χ2v) is 8.97. The van der Waals surface area contributed by atoms with E-state index in [1.54, 1.807) is 18.3 Å². The first-order chi connectivity index (χ1) is 17.7. The number of nitro benzene ring substituents is 1. The number of aliphatic hydroxyl groups is 1. The zero-order valence-corrected chi connectivity index (χ0v) is 21.6. The summed E-state index contributed by atoms with van der Waals surface area (Å²) in [5.41, 5.74) is 3.89. The molecule has 2 aromatic heterocycles. The van der Waals surface area contributed by atoms with Crippen LogP contribution in [-0.2, 0) is 13.7 Å². The van der Waals surface area contributed by atoms with Crippen LogP contribution in [0.5, 0.6) is 5.75 Å². The van der Waals surface area contributed by atoms with Gasteiger partial charge in [0.2, 0.25) is 5.95 Å². The van der Waals surface area contributed by atoms with E-state index in [0.29, 0.717) is 29.4 Å². The molecule has 0 amide bonds. The average Bonchev–Trinajstić information content (AvgIpc) is 3.18. The molecule has 0 atom stereocenters. The van der Waals surface area contributed by atoms with Crippen molar-refractivity contribution in [2.24, 2.45) is 7.05 Å². The Labute approximate surface area is 215 Å². The van der Waals surface area contributed by atoms with Gasteiger partial charge in [-0.1, -0.05) is 18.2 Å². The Kier molecular flexibility index (Phi) is 7.55. The van der Waals surface area contributed by atoms with Gasteiger partial charge in [-0.05, 0) is 26.2 Å². The van der Waals surface area contributed by atoms with Crippen LogP contribution in [0.1, 0.15) is 5.69 Å². The second kappa shape index (κ2) is 10.8. The quantitative estimate of drug-likeness (QED) is 0.245. The summed E-state index contributed by atoms with van der Waals surface area (Å²) >= 11 is 0. The lowest BCUT2D eigenvalue weighted by Gasteiger charge is -2.22. The van der Waals surface area contributed by atoms with E-state index in [1.807, 2.05) is 66.8 Å². The average molecular weight is 506 g/mol. The van der Waals surface area contributed by atoms with Crippen molar-refractivity contribution in [1.29, 1.82) is 0 Å². The first-order valence-electron chi connectivity index (χ1n) is 11.7. The maximum atomic E-state index is 11.9. The Balaban J connectivity index is 1.74. The van der Waals surface area contributed by atoms with E-state index in [2.05, 4.69) is 15.3 Å². The Morgan fingerprint density at radius 1 is 1.16 bits per heavy atom. The molecular weight excluding hydrogens is 474 g/mol. The van der Waals surface area contributed by atoms with Gasteiger partial charge >= 0.3 is 0 Å². The van der Waals surface area contributed by atoms with Crippen LogP contribution in [0.25, 0.3) is 22.2 Å². The number of aromatic nitrogens is 3. The van der Waals surface area contributed by atoms with Gasteiger partial charge in [0.1, 0.15) is 11.4 Å². The number of para-hydroxylation sites is 1. The molecule has 0 saturated carbocycles. The number of aliphatic hydroxyl groups excluding tert-OH is 1. The summed E-state index contributed by atoms with van der Waals surface area (Å²) in [5, 5.41) is 26.1. The number of hydrogen-bond donors (Lipinski definition) is 2. The molecule has 37 heavy (non-hydrogen) atoms. The van der Waals surface area contributed by atoms with Crippen LogP contribution in [0, 0.1) is 10.1 Å². The summed E-state index contributed by atoms with van der Waals surface area (Å²) < 4.78 is 7.51. The summed E-state index contributed by atoms with van der Waals surface area (Å²) in [6, 6.07) is 12.7. The molecule has 4 aromatic rings. The van der Waals surface area contributed by atoms with Crippen LogP contribution >= 0.6 is 0 Å². The van der Waals surface area contributed by atoms with Gasteiger partial charge in [-0.15, -0.1) is 0 Å². The van der Waals surface area contributed by atoms with E-state index < -0.39 is 4.92 Å². The molecular formula is C26H31N7O4. The van der Waals surface area contributed by atoms with Gasteiger partial charge in [0.25, 0.3) is 5.69 Å². The van der Waals surface area contributed by atoms with Crippen LogP contribution in [0.4, 0.5) is 23.0 Å². The molecule has 0 fully saturated rings. The number of aryl methyl sites for hydroxylation is 1. The Morgan fingerprint density at radius 2 is 1.92 bits per heavy atom. The van der Waals surface area contributed by atoms with E-state index in [9.17, 15) is 15.2 Å². The normalized spacial score (nSPS) is 11.2. The van der Waals surface area contributed by atoms with Gasteiger partial charge in [-0.25, -0.2) is 9.97 Å². The summed E-state index contributed by atoms with van der Waals surface area (Å²) in [6.07, 6.45) is 1.61. The van der Waals surface area contributed by atoms with Gasteiger partial charge in [-0.3, -0.25) is 10.1 Å². The molecule has 2 N–H and O–H groups in total. The van der Waals surface area contributed by atoms with Crippen molar-refractivity contribution in [3.63, 3.8) is 0 Å². The molecule has 11 heteroatoms. The third kappa shape index (κ3) is 5.18. The lowest BCUT2D eigenvalue weighted by Crippen LogP contribution is -2.28.